The van der Waals surface area contributed by atoms with Gasteiger partial charge in [-0.2, -0.15) is 0 Å². The quantitative estimate of drug-likeness (QED) is 0.579. The largest absolute Gasteiger partial charge is 0.369 e. The maximum Gasteiger partial charge on any atom is 0.265 e. The molecule has 2 aliphatic rings. The number of piperazine rings is 1. The third kappa shape index (κ3) is 4.73. The van der Waals surface area contributed by atoms with Gasteiger partial charge < -0.3 is 15.1 Å². The first-order valence-corrected chi connectivity index (χ1v) is 12.1. The van der Waals surface area contributed by atoms with Crippen molar-refractivity contribution in [3.63, 3.8) is 0 Å². The molecule has 0 spiro atoms. The van der Waals surface area contributed by atoms with Crippen molar-refractivity contribution in [2.75, 3.05) is 49.5 Å². The Morgan fingerprint density at radius 1 is 1.03 bits per heavy atom. The van der Waals surface area contributed by atoms with Gasteiger partial charge in [-0.3, -0.25) is 19.5 Å². The Hall–Kier alpha value is -2.94. The third-order valence-electron chi connectivity index (χ3n) is 6.17. The summed E-state index contributed by atoms with van der Waals surface area (Å²) < 4.78 is 0.571. The molecule has 0 bridgehead atoms. The van der Waals surface area contributed by atoms with Crippen LogP contribution >= 0.6 is 22.9 Å². The van der Waals surface area contributed by atoms with Crippen LogP contribution < -0.4 is 10.2 Å². The number of nitrogens with zero attached hydrogens (tertiary/aromatic N) is 4. The minimum atomic E-state index is -0.210. The van der Waals surface area contributed by atoms with Crippen LogP contribution in [0.1, 0.15) is 25.6 Å². The Balaban J connectivity index is 1.18. The number of amides is 2. The standard InChI is InChI=1S/C24H24ClN5O2S/c25-22-5-4-21(33-22)23(31)27-20-3-1-2-18-19(20)16-30(24(18)32)15-12-28-10-13-29(14-11-28)17-6-8-26-9-7-17/h1-9H,10-16H2,(H,27,31). The number of nitrogens with one attached hydrogen (secondary N) is 1. The first-order chi connectivity index (χ1) is 16.1. The fourth-order valence-electron chi connectivity index (χ4n) is 4.36. The first kappa shape index (κ1) is 21.9. The van der Waals surface area contributed by atoms with Gasteiger partial charge in [-0.15, -0.1) is 11.3 Å². The molecule has 1 fully saturated rings. The average Bonchev–Trinajstić information content (AvgIpc) is 3.42. The Morgan fingerprint density at radius 2 is 1.82 bits per heavy atom. The molecule has 2 aromatic heterocycles. The molecule has 9 heteroatoms. The molecule has 0 unspecified atom stereocenters. The molecule has 2 aliphatic heterocycles. The van der Waals surface area contributed by atoms with E-state index in [1.807, 2.05) is 47.6 Å². The predicted octanol–water partition coefficient (Wildman–Crippen LogP) is 3.83. The van der Waals surface area contributed by atoms with Gasteiger partial charge in [0.15, 0.2) is 0 Å². The lowest BCUT2D eigenvalue weighted by Crippen LogP contribution is -2.48. The minimum Gasteiger partial charge on any atom is -0.369 e. The Labute approximate surface area is 201 Å². The summed E-state index contributed by atoms with van der Waals surface area (Å²) in [5.74, 6) is -0.186. The molecule has 7 nitrogen and oxygen atoms in total. The second-order valence-corrected chi connectivity index (χ2v) is 9.87. The van der Waals surface area contributed by atoms with Crippen LogP contribution in [0.3, 0.4) is 0 Å². The van der Waals surface area contributed by atoms with Gasteiger partial charge in [0.25, 0.3) is 11.8 Å². The van der Waals surface area contributed by atoms with Crippen LogP contribution in [-0.4, -0.2) is 65.9 Å². The molecule has 0 radical (unpaired) electrons. The fraction of sp³-hybridized carbons (Fsp3) is 0.292. The van der Waals surface area contributed by atoms with Crippen molar-refractivity contribution in [1.82, 2.24) is 14.8 Å². The third-order valence-corrected chi connectivity index (χ3v) is 7.40. The van der Waals surface area contributed by atoms with Crippen LogP contribution in [0.4, 0.5) is 11.4 Å². The molecule has 3 aromatic rings. The molecular weight excluding hydrogens is 458 g/mol. The lowest BCUT2D eigenvalue weighted by molar-refractivity contribution is 0.0756. The first-order valence-electron chi connectivity index (χ1n) is 10.9. The second kappa shape index (κ2) is 9.51. The summed E-state index contributed by atoms with van der Waals surface area (Å²) in [5, 5.41) is 2.95. The van der Waals surface area contributed by atoms with E-state index in [0.717, 1.165) is 38.3 Å². The summed E-state index contributed by atoms with van der Waals surface area (Å²) in [6.07, 6.45) is 3.65. The lowest BCUT2D eigenvalue weighted by Gasteiger charge is -2.36. The molecule has 0 atom stereocenters. The summed E-state index contributed by atoms with van der Waals surface area (Å²) in [4.78, 5) is 36.8. The van der Waals surface area contributed by atoms with Gasteiger partial charge in [0, 0.05) is 80.7 Å². The number of benzene rings is 1. The summed E-state index contributed by atoms with van der Waals surface area (Å²) in [6, 6.07) is 13.0. The number of anilines is 2. The van der Waals surface area contributed by atoms with E-state index >= 15 is 0 Å². The number of aromatic nitrogens is 1. The predicted molar refractivity (Wildman–Crippen MR) is 131 cm³/mol. The van der Waals surface area contributed by atoms with E-state index in [9.17, 15) is 9.59 Å². The number of carbonyl (C=O) groups excluding carboxylic acids is 2. The normalized spacial score (nSPS) is 16.2. The Bertz CT molecular complexity index is 1160. The minimum absolute atomic E-state index is 0.0238. The molecular formula is C24H24ClN5O2S. The molecule has 4 heterocycles. The van der Waals surface area contributed by atoms with Gasteiger partial charge in [0.05, 0.1) is 9.21 Å². The highest BCUT2D eigenvalue weighted by Gasteiger charge is 2.30. The zero-order chi connectivity index (χ0) is 22.8. The van der Waals surface area contributed by atoms with Crippen molar-refractivity contribution in [2.24, 2.45) is 0 Å². The van der Waals surface area contributed by atoms with Gasteiger partial charge >= 0.3 is 0 Å². The zero-order valence-corrected chi connectivity index (χ0v) is 19.6. The average molecular weight is 482 g/mol. The molecule has 33 heavy (non-hydrogen) atoms. The lowest BCUT2D eigenvalue weighted by atomic mass is 10.1. The Morgan fingerprint density at radius 3 is 2.55 bits per heavy atom. The van der Waals surface area contributed by atoms with Crippen molar-refractivity contribution in [3.8, 4) is 0 Å². The van der Waals surface area contributed by atoms with Crippen LogP contribution in [0.15, 0.2) is 54.9 Å². The molecule has 0 saturated carbocycles. The maximum absolute atomic E-state index is 13.0. The van der Waals surface area contributed by atoms with E-state index in [1.165, 1.54) is 17.0 Å². The molecule has 1 N–H and O–H groups in total. The molecule has 1 saturated heterocycles. The number of fused-ring (bicyclic) bond motifs is 1. The zero-order valence-electron chi connectivity index (χ0n) is 18.0. The van der Waals surface area contributed by atoms with E-state index < -0.39 is 0 Å². The summed E-state index contributed by atoms with van der Waals surface area (Å²) in [7, 11) is 0. The smallest absolute Gasteiger partial charge is 0.265 e. The van der Waals surface area contributed by atoms with E-state index in [-0.39, 0.29) is 11.8 Å². The molecule has 1 aromatic carbocycles. The SMILES string of the molecule is O=C(Nc1cccc2c1CN(CCN1CCN(c3ccncc3)CC1)C2=O)c1ccc(Cl)s1. The second-order valence-electron chi connectivity index (χ2n) is 8.15. The molecule has 2 amide bonds. The molecule has 5 rings (SSSR count). The molecule has 0 aliphatic carbocycles. The number of halogens is 1. The van der Waals surface area contributed by atoms with Crippen LogP contribution in [0.5, 0.6) is 0 Å². The van der Waals surface area contributed by atoms with Crippen molar-refractivity contribution >= 4 is 46.1 Å². The van der Waals surface area contributed by atoms with Crippen molar-refractivity contribution in [2.45, 2.75) is 6.54 Å². The number of rotatable bonds is 6. The van der Waals surface area contributed by atoms with Gasteiger partial charge in [-0.1, -0.05) is 17.7 Å². The number of hydrogen-bond donors (Lipinski definition) is 1. The molecule has 170 valence electrons. The van der Waals surface area contributed by atoms with Crippen molar-refractivity contribution < 1.29 is 9.59 Å². The summed E-state index contributed by atoms with van der Waals surface area (Å²) >= 11 is 7.19. The number of carbonyl (C=O) groups is 2. The van der Waals surface area contributed by atoms with Crippen LogP contribution in [-0.2, 0) is 6.54 Å². The van der Waals surface area contributed by atoms with Gasteiger partial charge in [-0.05, 0) is 36.4 Å². The number of hydrogen-bond acceptors (Lipinski definition) is 6. The van der Waals surface area contributed by atoms with Crippen LogP contribution in [0, 0.1) is 0 Å². The van der Waals surface area contributed by atoms with Gasteiger partial charge in [0.2, 0.25) is 0 Å². The maximum atomic E-state index is 13.0. The van der Waals surface area contributed by atoms with Crippen LogP contribution in [0.25, 0.3) is 0 Å². The Kier molecular flexibility index (Phi) is 6.30. The van der Waals surface area contributed by atoms with E-state index in [2.05, 4.69) is 20.1 Å². The van der Waals surface area contributed by atoms with Gasteiger partial charge in [0.1, 0.15) is 0 Å². The fourth-order valence-corrected chi connectivity index (χ4v) is 5.29. The summed E-state index contributed by atoms with van der Waals surface area (Å²) in [5.41, 5.74) is 3.43. The van der Waals surface area contributed by atoms with Crippen molar-refractivity contribution in [1.29, 1.82) is 0 Å². The van der Waals surface area contributed by atoms with Gasteiger partial charge in [-0.25, -0.2) is 0 Å². The number of thiophene rings is 1. The van der Waals surface area contributed by atoms with E-state index in [1.54, 1.807) is 12.1 Å². The van der Waals surface area contributed by atoms with E-state index in [4.69, 9.17) is 11.6 Å². The van der Waals surface area contributed by atoms with E-state index in [0.29, 0.717) is 33.6 Å². The van der Waals surface area contributed by atoms with Crippen LogP contribution in [0.2, 0.25) is 4.34 Å². The highest BCUT2D eigenvalue weighted by molar-refractivity contribution is 7.18. The highest BCUT2D eigenvalue weighted by atomic mass is 35.5. The number of pyridine rings is 1. The monoisotopic (exact) mass is 481 g/mol. The highest BCUT2D eigenvalue weighted by Crippen LogP contribution is 2.30. The summed E-state index contributed by atoms with van der Waals surface area (Å²) in [6.45, 7) is 5.84. The topological polar surface area (TPSA) is 68.8 Å². The van der Waals surface area contributed by atoms with Crippen molar-refractivity contribution in [3.05, 3.63) is 75.2 Å².